The molecule has 4 aromatic rings. The molecule has 1 fully saturated rings. The standard InChI is InChI=1S/C30H28ClF2NO2S2/c1-36-25-15-10-19(18-8-11-22(37-2)12-9-18)16-20(25)17-34(21-6-4-3-5-7-21)30(35)29-27(31)26-23(32)13-14-24(33)28(26)38-29/h8-16,21H,3-7,17H2,1-2H3. The number of carbonyl (C=O) groups excluding carboxylic acids is 1. The van der Waals surface area contributed by atoms with Gasteiger partial charge in [0.05, 0.1) is 22.2 Å². The van der Waals surface area contributed by atoms with Crippen molar-refractivity contribution < 1.29 is 18.3 Å². The second kappa shape index (κ2) is 11.6. The Labute approximate surface area is 234 Å². The third-order valence-electron chi connectivity index (χ3n) is 7.20. The number of amides is 1. The number of nitrogens with zero attached hydrogens (tertiary/aromatic N) is 1. The van der Waals surface area contributed by atoms with Crippen LogP contribution in [0.25, 0.3) is 21.2 Å². The summed E-state index contributed by atoms with van der Waals surface area (Å²) >= 11 is 9.14. The molecule has 3 nitrogen and oxygen atoms in total. The van der Waals surface area contributed by atoms with Gasteiger partial charge in [0.2, 0.25) is 0 Å². The summed E-state index contributed by atoms with van der Waals surface area (Å²) in [5.74, 6) is -0.840. The van der Waals surface area contributed by atoms with Crippen LogP contribution in [0.4, 0.5) is 8.78 Å². The first-order chi connectivity index (χ1) is 18.4. The molecule has 1 aliphatic rings. The molecule has 0 unspecified atom stereocenters. The molecule has 0 N–H and O–H groups in total. The smallest absolute Gasteiger partial charge is 0.266 e. The first kappa shape index (κ1) is 27.0. The van der Waals surface area contributed by atoms with Crippen LogP contribution in [0.1, 0.15) is 47.3 Å². The lowest BCUT2D eigenvalue weighted by molar-refractivity contribution is 0.0618. The molecule has 1 aliphatic carbocycles. The normalized spacial score (nSPS) is 14.1. The second-order valence-corrected chi connectivity index (χ2v) is 11.7. The lowest BCUT2D eigenvalue weighted by atomic mass is 9.93. The van der Waals surface area contributed by atoms with Gasteiger partial charge in [0, 0.05) is 23.0 Å². The van der Waals surface area contributed by atoms with Crippen LogP contribution in [-0.4, -0.2) is 30.2 Å². The van der Waals surface area contributed by atoms with E-state index in [0.29, 0.717) is 12.3 Å². The molecule has 1 amide bonds. The summed E-state index contributed by atoms with van der Waals surface area (Å²) in [4.78, 5) is 17.2. The molecular formula is C30H28ClF2NO2S2. The van der Waals surface area contributed by atoms with E-state index in [1.807, 2.05) is 23.3 Å². The highest BCUT2D eigenvalue weighted by Gasteiger charge is 2.31. The molecule has 0 spiro atoms. The third-order valence-corrected chi connectivity index (χ3v) is 9.62. The Balaban J connectivity index is 1.55. The molecule has 0 saturated heterocycles. The first-order valence-electron chi connectivity index (χ1n) is 12.6. The predicted octanol–water partition coefficient (Wildman–Crippen LogP) is 9.21. The quantitative estimate of drug-likeness (QED) is 0.207. The summed E-state index contributed by atoms with van der Waals surface area (Å²) < 4.78 is 34.8. The van der Waals surface area contributed by atoms with Crippen molar-refractivity contribution in [3.63, 3.8) is 0 Å². The van der Waals surface area contributed by atoms with E-state index in [1.54, 1.807) is 18.9 Å². The van der Waals surface area contributed by atoms with Gasteiger partial charge in [0.1, 0.15) is 22.3 Å². The first-order valence-corrected chi connectivity index (χ1v) is 15.0. The molecule has 198 valence electrons. The molecule has 0 aliphatic heterocycles. The average Bonchev–Trinajstić information content (AvgIpc) is 3.32. The van der Waals surface area contributed by atoms with Gasteiger partial charge in [-0.05, 0) is 66.6 Å². The molecule has 1 heterocycles. The van der Waals surface area contributed by atoms with Crippen molar-refractivity contribution in [1.82, 2.24) is 4.90 Å². The SMILES string of the molecule is COc1ccc(-c2ccc(SC)cc2)cc1CN(C(=O)c1sc2c(F)ccc(F)c2c1Cl)C1CCCCC1. The van der Waals surface area contributed by atoms with E-state index in [1.165, 1.54) is 4.90 Å². The number of benzene rings is 3. The van der Waals surface area contributed by atoms with Crippen LogP contribution in [0.3, 0.4) is 0 Å². The molecular weight excluding hydrogens is 544 g/mol. The molecule has 1 aromatic heterocycles. The summed E-state index contributed by atoms with van der Waals surface area (Å²) in [7, 11) is 1.62. The zero-order chi connectivity index (χ0) is 26.8. The van der Waals surface area contributed by atoms with Crippen molar-refractivity contribution in [2.24, 2.45) is 0 Å². The molecule has 1 saturated carbocycles. The van der Waals surface area contributed by atoms with Gasteiger partial charge in [-0.15, -0.1) is 23.1 Å². The van der Waals surface area contributed by atoms with Crippen molar-refractivity contribution in [2.45, 2.75) is 49.6 Å². The predicted molar refractivity (Wildman–Crippen MR) is 154 cm³/mol. The van der Waals surface area contributed by atoms with Crippen LogP contribution < -0.4 is 4.74 Å². The van der Waals surface area contributed by atoms with Gasteiger partial charge in [-0.1, -0.05) is 49.1 Å². The van der Waals surface area contributed by atoms with Crippen LogP contribution in [0.15, 0.2) is 59.5 Å². The van der Waals surface area contributed by atoms with Crippen LogP contribution in [0.5, 0.6) is 5.75 Å². The number of methoxy groups -OCH3 is 1. The summed E-state index contributed by atoms with van der Waals surface area (Å²) in [5, 5.41) is -0.0562. The van der Waals surface area contributed by atoms with Crippen LogP contribution in [-0.2, 0) is 6.54 Å². The van der Waals surface area contributed by atoms with Crippen molar-refractivity contribution in [1.29, 1.82) is 0 Å². The fourth-order valence-corrected chi connectivity index (χ4v) is 7.09. The Kier molecular flexibility index (Phi) is 8.26. The highest BCUT2D eigenvalue weighted by molar-refractivity contribution is 7.98. The maximum atomic E-state index is 14.6. The number of carbonyl (C=O) groups is 1. The summed E-state index contributed by atoms with van der Waals surface area (Å²) in [5.41, 5.74) is 2.96. The molecule has 0 radical (unpaired) electrons. The van der Waals surface area contributed by atoms with E-state index >= 15 is 0 Å². The van der Waals surface area contributed by atoms with Gasteiger partial charge in [-0.25, -0.2) is 8.78 Å². The van der Waals surface area contributed by atoms with Gasteiger partial charge in [-0.3, -0.25) is 4.79 Å². The minimum absolute atomic E-state index is 0.00134. The summed E-state index contributed by atoms with van der Waals surface area (Å²) in [6.07, 6.45) is 6.96. The minimum atomic E-state index is -0.632. The lowest BCUT2D eigenvalue weighted by Gasteiger charge is -2.34. The maximum absolute atomic E-state index is 14.6. The van der Waals surface area contributed by atoms with Gasteiger partial charge >= 0.3 is 0 Å². The highest BCUT2D eigenvalue weighted by atomic mass is 35.5. The number of ether oxygens (including phenoxy) is 1. The molecule has 3 aromatic carbocycles. The Bertz CT molecular complexity index is 1470. The van der Waals surface area contributed by atoms with Gasteiger partial charge in [0.25, 0.3) is 5.91 Å². The van der Waals surface area contributed by atoms with E-state index in [2.05, 4.69) is 30.3 Å². The topological polar surface area (TPSA) is 29.5 Å². The zero-order valence-electron chi connectivity index (χ0n) is 21.2. The van der Waals surface area contributed by atoms with Gasteiger partial charge in [-0.2, -0.15) is 0 Å². The molecule has 5 rings (SSSR count). The number of rotatable bonds is 7. The van der Waals surface area contributed by atoms with Crippen LogP contribution >= 0.6 is 34.7 Å². The van der Waals surface area contributed by atoms with Gasteiger partial charge in [0.15, 0.2) is 0 Å². The van der Waals surface area contributed by atoms with Crippen molar-refractivity contribution in [2.75, 3.05) is 13.4 Å². The average molecular weight is 572 g/mol. The molecule has 0 atom stereocenters. The minimum Gasteiger partial charge on any atom is -0.496 e. The number of thiophene rings is 1. The Hall–Kier alpha value is -2.61. The largest absolute Gasteiger partial charge is 0.496 e. The van der Waals surface area contributed by atoms with E-state index in [4.69, 9.17) is 16.3 Å². The number of halogens is 3. The Morgan fingerprint density at radius 2 is 1.71 bits per heavy atom. The molecule has 38 heavy (non-hydrogen) atoms. The summed E-state index contributed by atoms with van der Waals surface area (Å²) in [6, 6.07) is 16.5. The Morgan fingerprint density at radius 1 is 1.03 bits per heavy atom. The lowest BCUT2D eigenvalue weighted by Crippen LogP contribution is -2.40. The fraction of sp³-hybridized carbons (Fsp3) is 0.300. The number of fused-ring (bicyclic) bond motifs is 1. The van der Waals surface area contributed by atoms with E-state index < -0.39 is 11.6 Å². The van der Waals surface area contributed by atoms with Crippen molar-refractivity contribution in [3.8, 4) is 16.9 Å². The van der Waals surface area contributed by atoms with Crippen LogP contribution in [0, 0.1) is 11.6 Å². The second-order valence-electron chi connectivity index (χ2n) is 9.46. The van der Waals surface area contributed by atoms with E-state index in [9.17, 15) is 13.6 Å². The maximum Gasteiger partial charge on any atom is 0.266 e. The fourth-order valence-electron chi connectivity index (χ4n) is 5.17. The molecule has 0 bridgehead atoms. The number of thioether (sulfide) groups is 1. The van der Waals surface area contributed by atoms with Crippen LogP contribution in [0.2, 0.25) is 5.02 Å². The van der Waals surface area contributed by atoms with Crippen molar-refractivity contribution >= 4 is 50.7 Å². The molecule has 8 heteroatoms. The monoisotopic (exact) mass is 571 g/mol. The highest BCUT2D eigenvalue weighted by Crippen LogP contribution is 2.40. The van der Waals surface area contributed by atoms with E-state index in [0.717, 1.165) is 72.3 Å². The van der Waals surface area contributed by atoms with Crippen molar-refractivity contribution in [3.05, 3.63) is 81.7 Å². The zero-order valence-corrected chi connectivity index (χ0v) is 23.6. The number of hydrogen-bond acceptors (Lipinski definition) is 4. The Morgan fingerprint density at radius 3 is 2.37 bits per heavy atom. The third kappa shape index (κ3) is 5.29. The van der Waals surface area contributed by atoms with Gasteiger partial charge < -0.3 is 9.64 Å². The van der Waals surface area contributed by atoms with E-state index in [-0.39, 0.29) is 31.9 Å². The number of hydrogen-bond donors (Lipinski definition) is 0. The summed E-state index contributed by atoms with van der Waals surface area (Å²) in [6.45, 7) is 0.305.